The van der Waals surface area contributed by atoms with Crippen LogP contribution in [0.2, 0.25) is 5.02 Å². The highest BCUT2D eigenvalue weighted by Gasteiger charge is 2.13. The van der Waals surface area contributed by atoms with Gasteiger partial charge in [0.1, 0.15) is 6.54 Å². The Hall–Kier alpha value is -1.84. The highest BCUT2D eigenvalue weighted by atomic mass is 35.5. The summed E-state index contributed by atoms with van der Waals surface area (Å²) in [6.45, 7) is 5.28. The first-order valence-electron chi connectivity index (χ1n) is 7.37. The third kappa shape index (κ3) is 4.58. The molecule has 0 aliphatic carbocycles. The molecule has 1 amide bonds. The monoisotopic (exact) mass is 317 g/mol. The SMILES string of the molecule is Cc1ccc(NC(=O)C[NH+](C)Cc2ccccc2C)c(Cl)c1. The number of carbonyl (C=O) groups excluding carboxylic acids is 1. The molecule has 2 aromatic rings. The van der Waals surface area contributed by atoms with Crippen LogP contribution in [0.5, 0.6) is 0 Å². The molecule has 2 aromatic carbocycles. The van der Waals surface area contributed by atoms with Crippen LogP contribution in [-0.2, 0) is 11.3 Å². The molecule has 2 rings (SSSR count). The Labute approximate surface area is 136 Å². The first kappa shape index (κ1) is 16.5. The smallest absolute Gasteiger partial charge is 0.279 e. The van der Waals surface area contributed by atoms with Gasteiger partial charge in [-0.3, -0.25) is 4.79 Å². The van der Waals surface area contributed by atoms with Crippen molar-refractivity contribution < 1.29 is 9.69 Å². The minimum atomic E-state index is -0.0307. The molecular formula is C18H22ClN2O+. The van der Waals surface area contributed by atoms with Crippen LogP contribution in [0.1, 0.15) is 16.7 Å². The maximum atomic E-state index is 12.1. The number of aryl methyl sites for hydroxylation is 2. The van der Waals surface area contributed by atoms with Crippen LogP contribution in [0.15, 0.2) is 42.5 Å². The average Bonchev–Trinajstić information content (AvgIpc) is 2.44. The molecule has 0 saturated carbocycles. The number of benzene rings is 2. The molecule has 0 aromatic heterocycles. The molecule has 1 unspecified atom stereocenters. The van der Waals surface area contributed by atoms with Gasteiger partial charge < -0.3 is 10.2 Å². The molecule has 4 heteroatoms. The van der Waals surface area contributed by atoms with Gasteiger partial charge in [0.15, 0.2) is 6.54 Å². The lowest BCUT2D eigenvalue weighted by Gasteiger charge is -2.15. The average molecular weight is 318 g/mol. The van der Waals surface area contributed by atoms with Gasteiger partial charge in [-0.15, -0.1) is 0 Å². The second-order valence-electron chi connectivity index (χ2n) is 5.77. The van der Waals surface area contributed by atoms with Crippen molar-refractivity contribution in [3.05, 3.63) is 64.2 Å². The molecule has 1 atom stereocenters. The fourth-order valence-electron chi connectivity index (χ4n) is 2.39. The van der Waals surface area contributed by atoms with Crippen LogP contribution in [0.25, 0.3) is 0 Å². The predicted octanol–water partition coefficient (Wildman–Crippen LogP) is 2.61. The number of halogens is 1. The van der Waals surface area contributed by atoms with Crippen LogP contribution < -0.4 is 10.2 Å². The van der Waals surface area contributed by atoms with Gasteiger partial charge in [-0.25, -0.2) is 0 Å². The first-order valence-corrected chi connectivity index (χ1v) is 7.75. The van der Waals surface area contributed by atoms with Crippen molar-refractivity contribution in [2.45, 2.75) is 20.4 Å². The van der Waals surface area contributed by atoms with Gasteiger partial charge in [0, 0.05) is 5.56 Å². The number of rotatable bonds is 5. The van der Waals surface area contributed by atoms with Crippen LogP contribution >= 0.6 is 11.6 Å². The standard InChI is InChI=1S/C18H21ClN2O/c1-13-8-9-17(16(19)10-13)20-18(22)12-21(3)11-15-7-5-4-6-14(15)2/h4-10H,11-12H2,1-3H3,(H,20,22)/p+1. The van der Waals surface area contributed by atoms with E-state index in [1.165, 1.54) is 11.1 Å². The van der Waals surface area contributed by atoms with Gasteiger partial charge in [-0.1, -0.05) is 41.9 Å². The van der Waals surface area contributed by atoms with E-state index in [1.54, 1.807) is 0 Å². The van der Waals surface area contributed by atoms with Crippen LogP contribution in [-0.4, -0.2) is 19.5 Å². The highest BCUT2D eigenvalue weighted by molar-refractivity contribution is 6.33. The molecule has 2 N–H and O–H groups in total. The van der Waals surface area contributed by atoms with Crippen molar-refractivity contribution in [2.75, 3.05) is 18.9 Å². The van der Waals surface area contributed by atoms with E-state index < -0.39 is 0 Å². The zero-order chi connectivity index (χ0) is 16.1. The van der Waals surface area contributed by atoms with Gasteiger partial charge in [-0.2, -0.15) is 0 Å². The summed E-state index contributed by atoms with van der Waals surface area (Å²) in [4.78, 5) is 13.3. The lowest BCUT2D eigenvalue weighted by molar-refractivity contribution is -0.885. The van der Waals surface area contributed by atoms with Crippen molar-refractivity contribution in [1.82, 2.24) is 0 Å². The molecule has 0 aliphatic rings. The summed E-state index contributed by atoms with van der Waals surface area (Å²) >= 11 is 6.14. The summed E-state index contributed by atoms with van der Waals surface area (Å²) < 4.78 is 0. The van der Waals surface area contributed by atoms with Gasteiger partial charge in [-0.05, 0) is 37.1 Å². The number of likely N-dealkylation sites (N-methyl/N-ethyl adjacent to an activating group) is 1. The summed E-state index contributed by atoms with van der Waals surface area (Å²) in [5, 5.41) is 3.45. The normalized spacial score (nSPS) is 12.0. The first-order chi connectivity index (χ1) is 10.5. The topological polar surface area (TPSA) is 33.5 Å². The van der Waals surface area contributed by atoms with E-state index in [0.29, 0.717) is 17.3 Å². The minimum absolute atomic E-state index is 0.0307. The Balaban J connectivity index is 1.93. The molecule has 0 heterocycles. The van der Waals surface area contributed by atoms with Crippen molar-refractivity contribution in [2.24, 2.45) is 0 Å². The molecule has 116 valence electrons. The summed E-state index contributed by atoms with van der Waals surface area (Å²) in [5.41, 5.74) is 4.26. The maximum absolute atomic E-state index is 12.1. The molecule has 0 fully saturated rings. The Kier molecular flexibility index (Phi) is 5.58. The Morgan fingerprint density at radius 1 is 1.18 bits per heavy atom. The predicted molar refractivity (Wildman–Crippen MR) is 91.5 cm³/mol. The van der Waals surface area contributed by atoms with Gasteiger partial charge in [0.2, 0.25) is 0 Å². The largest absolute Gasteiger partial charge is 0.326 e. The van der Waals surface area contributed by atoms with E-state index in [0.717, 1.165) is 17.0 Å². The molecule has 0 saturated heterocycles. The zero-order valence-corrected chi connectivity index (χ0v) is 14.0. The Bertz CT molecular complexity index is 670. The van der Waals surface area contributed by atoms with Crippen LogP contribution in [0.3, 0.4) is 0 Å². The lowest BCUT2D eigenvalue weighted by atomic mass is 10.1. The van der Waals surface area contributed by atoms with E-state index in [-0.39, 0.29) is 5.91 Å². The second kappa shape index (κ2) is 7.43. The minimum Gasteiger partial charge on any atom is -0.326 e. The number of carbonyl (C=O) groups is 1. The number of nitrogens with one attached hydrogen (secondary N) is 2. The third-order valence-corrected chi connectivity index (χ3v) is 3.93. The molecule has 3 nitrogen and oxygen atoms in total. The number of anilines is 1. The molecule has 0 spiro atoms. The molecule has 22 heavy (non-hydrogen) atoms. The van der Waals surface area contributed by atoms with E-state index in [9.17, 15) is 4.79 Å². The van der Waals surface area contributed by atoms with Crippen molar-refractivity contribution in [1.29, 1.82) is 0 Å². The molecular weight excluding hydrogens is 296 g/mol. The Morgan fingerprint density at radius 3 is 2.59 bits per heavy atom. The summed E-state index contributed by atoms with van der Waals surface area (Å²) in [6, 6.07) is 13.9. The van der Waals surface area contributed by atoms with E-state index in [4.69, 9.17) is 11.6 Å². The fourth-order valence-corrected chi connectivity index (χ4v) is 2.67. The second-order valence-corrected chi connectivity index (χ2v) is 6.18. The van der Waals surface area contributed by atoms with Crippen molar-refractivity contribution in [3.8, 4) is 0 Å². The van der Waals surface area contributed by atoms with Gasteiger partial charge in [0.25, 0.3) is 5.91 Å². The molecule has 0 radical (unpaired) electrons. The fraction of sp³-hybridized carbons (Fsp3) is 0.278. The van der Waals surface area contributed by atoms with Gasteiger partial charge in [0.05, 0.1) is 17.8 Å². The highest BCUT2D eigenvalue weighted by Crippen LogP contribution is 2.22. The summed E-state index contributed by atoms with van der Waals surface area (Å²) in [5.74, 6) is -0.0307. The van der Waals surface area contributed by atoms with Crippen LogP contribution in [0.4, 0.5) is 5.69 Å². The maximum Gasteiger partial charge on any atom is 0.279 e. The van der Waals surface area contributed by atoms with E-state index in [1.807, 2.05) is 44.3 Å². The number of quaternary nitrogens is 1. The Morgan fingerprint density at radius 2 is 1.91 bits per heavy atom. The lowest BCUT2D eigenvalue weighted by Crippen LogP contribution is -3.08. The third-order valence-electron chi connectivity index (χ3n) is 3.61. The van der Waals surface area contributed by atoms with E-state index >= 15 is 0 Å². The number of amides is 1. The van der Waals surface area contributed by atoms with Gasteiger partial charge >= 0.3 is 0 Å². The van der Waals surface area contributed by atoms with Crippen LogP contribution in [0, 0.1) is 13.8 Å². The quantitative estimate of drug-likeness (QED) is 0.873. The summed E-state index contributed by atoms with van der Waals surface area (Å²) in [6.07, 6.45) is 0. The number of hydrogen-bond acceptors (Lipinski definition) is 1. The number of hydrogen-bond donors (Lipinski definition) is 2. The molecule has 0 aliphatic heterocycles. The summed E-state index contributed by atoms with van der Waals surface area (Å²) in [7, 11) is 2.02. The molecule has 0 bridgehead atoms. The van der Waals surface area contributed by atoms with E-state index in [2.05, 4.69) is 24.4 Å². The van der Waals surface area contributed by atoms with Crippen molar-refractivity contribution >= 4 is 23.2 Å². The zero-order valence-electron chi connectivity index (χ0n) is 13.2. The van der Waals surface area contributed by atoms with Crippen molar-refractivity contribution in [3.63, 3.8) is 0 Å².